The number of ether oxygens (including phenoxy) is 1. The fraction of sp³-hybridized carbons (Fsp3) is 0.400. The first-order chi connectivity index (χ1) is 16.3. The number of amides is 1. The molecule has 8 nitrogen and oxygen atoms in total. The fourth-order valence-corrected chi connectivity index (χ4v) is 5.97. The van der Waals surface area contributed by atoms with E-state index in [-0.39, 0.29) is 18.3 Å². The summed E-state index contributed by atoms with van der Waals surface area (Å²) in [6, 6.07) is 9.78. The van der Waals surface area contributed by atoms with Gasteiger partial charge in [-0.2, -0.15) is 0 Å². The molecule has 0 spiro atoms. The molecule has 0 saturated carbocycles. The van der Waals surface area contributed by atoms with Crippen LogP contribution in [-0.4, -0.2) is 39.3 Å². The number of nitrogens with one attached hydrogen (secondary N) is 1. The molecule has 1 unspecified atom stereocenters. The number of carbonyl (C=O) groups is 3. The normalized spacial score (nSPS) is 17.4. The monoisotopic (exact) mass is 480 g/mol. The Morgan fingerprint density at radius 2 is 2.00 bits per heavy atom. The number of fused-ring (bicyclic) bond motifs is 1. The van der Waals surface area contributed by atoms with Crippen molar-refractivity contribution < 1.29 is 19.1 Å². The molecule has 2 heterocycles. The van der Waals surface area contributed by atoms with E-state index >= 15 is 0 Å². The third-order valence-electron chi connectivity index (χ3n) is 6.54. The Kier molecular flexibility index (Phi) is 6.65. The summed E-state index contributed by atoms with van der Waals surface area (Å²) in [6.07, 6.45) is 2.24. The molecular formula is C25H28N4O4S. The number of carbonyl (C=O) groups excluding carboxylic acids is 3. The van der Waals surface area contributed by atoms with Crippen molar-refractivity contribution in [1.82, 2.24) is 15.0 Å². The van der Waals surface area contributed by atoms with Gasteiger partial charge in [-0.25, -0.2) is 4.79 Å². The number of benzene rings is 1. The number of rotatable bonds is 7. The number of ketones is 1. The molecule has 4 rings (SSSR count). The number of esters is 1. The Balaban J connectivity index is 1.79. The lowest BCUT2D eigenvalue weighted by Crippen LogP contribution is -2.40. The molecule has 1 amide bonds. The third kappa shape index (κ3) is 4.16. The third-order valence-corrected chi connectivity index (χ3v) is 7.68. The van der Waals surface area contributed by atoms with Crippen LogP contribution < -0.4 is 5.32 Å². The molecule has 0 aliphatic heterocycles. The molecule has 2 aromatic heterocycles. The second kappa shape index (κ2) is 9.50. The van der Waals surface area contributed by atoms with Crippen LogP contribution in [-0.2, 0) is 34.8 Å². The summed E-state index contributed by atoms with van der Waals surface area (Å²) in [7, 11) is 1.85. The maximum absolute atomic E-state index is 14.2. The van der Waals surface area contributed by atoms with E-state index in [1.807, 2.05) is 44.3 Å². The second-order valence-corrected chi connectivity index (χ2v) is 9.56. The predicted octanol–water partition coefficient (Wildman–Crippen LogP) is 4.02. The minimum atomic E-state index is -0.761. The van der Waals surface area contributed by atoms with Crippen LogP contribution in [0.15, 0.2) is 30.3 Å². The molecule has 0 fully saturated rings. The van der Waals surface area contributed by atoms with E-state index in [4.69, 9.17) is 4.74 Å². The van der Waals surface area contributed by atoms with E-state index in [0.29, 0.717) is 46.7 Å². The van der Waals surface area contributed by atoms with E-state index in [2.05, 4.69) is 15.6 Å². The summed E-state index contributed by atoms with van der Waals surface area (Å²) in [4.78, 5) is 39.3. The number of aromatic nitrogens is 3. The Labute approximate surface area is 202 Å². The van der Waals surface area contributed by atoms with Gasteiger partial charge in [-0.05, 0) is 50.7 Å². The average molecular weight is 481 g/mol. The largest absolute Gasteiger partial charge is 0.462 e. The van der Waals surface area contributed by atoms with Crippen molar-refractivity contribution >= 4 is 34.0 Å². The summed E-state index contributed by atoms with van der Waals surface area (Å²) in [6.45, 7) is 5.29. The van der Waals surface area contributed by atoms with Crippen molar-refractivity contribution in [3.05, 3.63) is 63.3 Å². The van der Waals surface area contributed by atoms with Crippen LogP contribution in [0, 0.1) is 6.92 Å². The molecule has 1 aliphatic carbocycles. The van der Waals surface area contributed by atoms with E-state index < -0.39 is 11.4 Å². The van der Waals surface area contributed by atoms with Crippen molar-refractivity contribution in [2.45, 2.75) is 51.9 Å². The summed E-state index contributed by atoms with van der Waals surface area (Å²) >= 11 is 1.16. The Bertz CT molecular complexity index is 1250. The molecule has 0 bridgehead atoms. The molecule has 1 aromatic carbocycles. The number of hydrogen-bond acceptors (Lipinski definition) is 7. The molecular weight excluding hydrogens is 452 g/mol. The number of thiophene rings is 1. The summed E-state index contributed by atoms with van der Waals surface area (Å²) in [5.41, 5.74) is 2.99. The van der Waals surface area contributed by atoms with Crippen molar-refractivity contribution in [2.24, 2.45) is 7.05 Å². The number of nitrogens with zero attached hydrogens (tertiary/aromatic N) is 3. The number of Topliss-reactive ketones (excluding diaryl/α,β-unsaturated/α-hetero) is 1. The quantitative estimate of drug-likeness (QED) is 0.513. The van der Waals surface area contributed by atoms with Crippen molar-refractivity contribution in [3.63, 3.8) is 0 Å². The lowest BCUT2D eigenvalue weighted by atomic mass is 9.65. The highest BCUT2D eigenvalue weighted by molar-refractivity contribution is 7.19. The van der Waals surface area contributed by atoms with E-state index in [0.717, 1.165) is 28.3 Å². The molecule has 1 N–H and O–H groups in total. The van der Waals surface area contributed by atoms with Gasteiger partial charge in [0.15, 0.2) is 5.78 Å². The summed E-state index contributed by atoms with van der Waals surface area (Å²) < 4.78 is 6.99. The maximum Gasteiger partial charge on any atom is 0.341 e. The van der Waals surface area contributed by atoms with Crippen LogP contribution >= 0.6 is 11.3 Å². The van der Waals surface area contributed by atoms with Gasteiger partial charge in [0.1, 0.15) is 5.00 Å². The van der Waals surface area contributed by atoms with E-state index in [1.165, 1.54) is 6.92 Å². The smallest absolute Gasteiger partial charge is 0.341 e. The van der Waals surface area contributed by atoms with Crippen LogP contribution in [0.5, 0.6) is 0 Å². The molecule has 0 saturated heterocycles. The second-order valence-electron chi connectivity index (χ2n) is 8.54. The zero-order valence-electron chi connectivity index (χ0n) is 19.8. The Hall–Kier alpha value is -3.33. The fourth-order valence-electron chi connectivity index (χ4n) is 4.65. The van der Waals surface area contributed by atoms with Gasteiger partial charge in [0, 0.05) is 14.0 Å². The molecule has 34 heavy (non-hydrogen) atoms. The minimum absolute atomic E-state index is 0.0337. The first kappa shape index (κ1) is 23.8. The minimum Gasteiger partial charge on any atom is -0.462 e. The van der Waals surface area contributed by atoms with Gasteiger partial charge in [0.2, 0.25) is 5.91 Å². The molecule has 1 aliphatic rings. The summed E-state index contributed by atoms with van der Waals surface area (Å²) in [5.74, 6) is -0.850. The van der Waals surface area contributed by atoms with Gasteiger partial charge in [-0.3, -0.25) is 14.3 Å². The highest BCUT2D eigenvalue weighted by atomic mass is 32.1. The highest BCUT2D eigenvalue weighted by Crippen LogP contribution is 2.47. The maximum atomic E-state index is 14.2. The van der Waals surface area contributed by atoms with Gasteiger partial charge in [0.05, 0.1) is 33.9 Å². The van der Waals surface area contributed by atoms with Crippen LogP contribution in [0.3, 0.4) is 0 Å². The topological polar surface area (TPSA) is 103 Å². The van der Waals surface area contributed by atoms with Crippen LogP contribution in [0.1, 0.15) is 69.2 Å². The average Bonchev–Trinajstić information content (AvgIpc) is 3.34. The number of hydrogen-bond donors (Lipinski definition) is 1. The first-order valence-electron chi connectivity index (χ1n) is 11.3. The van der Waals surface area contributed by atoms with Gasteiger partial charge in [-0.15, -0.1) is 16.4 Å². The zero-order valence-corrected chi connectivity index (χ0v) is 20.6. The SMILES string of the molecule is CCOC(=O)c1c(NC(C)=O)sc2c1CCC(CCc1nnn(C)c1C)(c1ccccc1)C2=O. The molecule has 3 aromatic rings. The van der Waals surface area contributed by atoms with E-state index in [9.17, 15) is 14.4 Å². The van der Waals surface area contributed by atoms with Gasteiger partial charge in [-0.1, -0.05) is 35.5 Å². The van der Waals surface area contributed by atoms with Gasteiger partial charge in [0.25, 0.3) is 0 Å². The van der Waals surface area contributed by atoms with Crippen LogP contribution in [0.25, 0.3) is 0 Å². The van der Waals surface area contributed by atoms with Gasteiger partial charge < -0.3 is 10.1 Å². The molecule has 0 radical (unpaired) electrons. The van der Waals surface area contributed by atoms with Crippen molar-refractivity contribution in [3.8, 4) is 0 Å². The molecule has 1 atom stereocenters. The first-order valence-corrected chi connectivity index (χ1v) is 12.2. The van der Waals surface area contributed by atoms with Crippen LogP contribution in [0.4, 0.5) is 5.00 Å². The van der Waals surface area contributed by atoms with E-state index in [1.54, 1.807) is 11.6 Å². The van der Waals surface area contributed by atoms with Crippen molar-refractivity contribution in [1.29, 1.82) is 0 Å². The molecule has 9 heteroatoms. The predicted molar refractivity (Wildman–Crippen MR) is 129 cm³/mol. The lowest BCUT2D eigenvalue weighted by molar-refractivity contribution is -0.114. The summed E-state index contributed by atoms with van der Waals surface area (Å²) in [5, 5.41) is 11.5. The van der Waals surface area contributed by atoms with Gasteiger partial charge >= 0.3 is 5.97 Å². The Morgan fingerprint density at radius 1 is 1.26 bits per heavy atom. The van der Waals surface area contributed by atoms with Crippen molar-refractivity contribution in [2.75, 3.05) is 11.9 Å². The number of aryl methyl sites for hydroxylation is 2. The van der Waals surface area contributed by atoms with Crippen LogP contribution in [0.2, 0.25) is 0 Å². The Morgan fingerprint density at radius 3 is 2.62 bits per heavy atom. The number of anilines is 1. The highest BCUT2D eigenvalue weighted by Gasteiger charge is 2.46. The lowest BCUT2D eigenvalue weighted by Gasteiger charge is -2.36. The molecule has 178 valence electrons. The standard InChI is InChI=1S/C25H28N4O4S/c1-5-33-24(32)20-18-11-13-25(17-9-7-6-8-10-17,14-12-19-15(2)29(4)28-27-19)22(31)21(18)34-23(20)26-16(3)30/h6-10H,5,11-14H2,1-4H3,(H,26,30). The zero-order chi connectivity index (χ0) is 24.5.